The minimum atomic E-state index is -2.80. The number of carbonyl (C=O) groups excluding carboxylic acids is 1. The summed E-state index contributed by atoms with van der Waals surface area (Å²) in [7, 11) is 1.98. The molecule has 6 heteroatoms. The first-order chi connectivity index (χ1) is 9.55. The Morgan fingerprint density at radius 2 is 2.05 bits per heavy atom. The molecule has 0 aliphatic carbocycles. The lowest BCUT2D eigenvalue weighted by molar-refractivity contribution is -0.222. The number of hydrogen-bond acceptors (Lipinski definition) is 5. The zero-order valence-corrected chi connectivity index (χ0v) is 13.9. The van der Waals surface area contributed by atoms with Gasteiger partial charge in [0.25, 0.3) is 5.41 Å². The SMILES string of the molecule is C=CC(=O)OC1(OC)C(CCC)CCC[Si]1(OC)OC. The Morgan fingerprint density at radius 3 is 2.50 bits per heavy atom. The molecule has 1 aliphatic rings. The van der Waals surface area contributed by atoms with Crippen LogP contribution in [0, 0.1) is 5.92 Å². The van der Waals surface area contributed by atoms with Gasteiger partial charge in [0, 0.05) is 33.3 Å². The van der Waals surface area contributed by atoms with E-state index in [2.05, 4.69) is 13.5 Å². The normalized spacial score (nSPS) is 28.9. The van der Waals surface area contributed by atoms with Gasteiger partial charge in [-0.05, 0) is 18.9 Å². The van der Waals surface area contributed by atoms with Crippen LogP contribution in [0.1, 0.15) is 32.6 Å². The summed E-state index contributed by atoms with van der Waals surface area (Å²) in [5.74, 6) is -0.414. The second-order valence-electron chi connectivity index (χ2n) is 5.04. The predicted octanol–water partition coefficient (Wildman–Crippen LogP) is 2.54. The topological polar surface area (TPSA) is 54.0 Å². The monoisotopic (exact) mass is 302 g/mol. The molecular formula is C14H26O5Si. The molecule has 0 saturated carbocycles. The quantitative estimate of drug-likeness (QED) is 0.313. The number of carbonyl (C=O) groups is 1. The summed E-state index contributed by atoms with van der Waals surface area (Å²) in [5.41, 5.74) is -1.10. The van der Waals surface area contributed by atoms with Gasteiger partial charge < -0.3 is 18.3 Å². The molecular weight excluding hydrogens is 276 g/mol. The van der Waals surface area contributed by atoms with Gasteiger partial charge in [-0.15, -0.1) is 0 Å². The van der Waals surface area contributed by atoms with E-state index >= 15 is 0 Å². The molecule has 2 atom stereocenters. The second-order valence-corrected chi connectivity index (χ2v) is 8.56. The highest BCUT2D eigenvalue weighted by Crippen LogP contribution is 2.46. The van der Waals surface area contributed by atoms with Crippen LogP contribution >= 0.6 is 0 Å². The lowest BCUT2D eigenvalue weighted by Crippen LogP contribution is -2.70. The highest BCUT2D eigenvalue weighted by molar-refractivity contribution is 6.70. The summed E-state index contributed by atoms with van der Waals surface area (Å²) in [5, 5.41) is 0. The summed E-state index contributed by atoms with van der Waals surface area (Å²) >= 11 is 0. The first-order valence-corrected chi connectivity index (χ1v) is 9.09. The van der Waals surface area contributed by atoms with Crippen molar-refractivity contribution in [3.8, 4) is 0 Å². The van der Waals surface area contributed by atoms with Crippen LogP contribution in [0.25, 0.3) is 0 Å². The molecule has 0 aromatic carbocycles. The number of methoxy groups -OCH3 is 1. The van der Waals surface area contributed by atoms with Crippen molar-refractivity contribution < 1.29 is 23.1 Å². The van der Waals surface area contributed by atoms with Crippen molar-refractivity contribution in [2.24, 2.45) is 5.92 Å². The number of hydrogen-bond donors (Lipinski definition) is 0. The fourth-order valence-electron chi connectivity index (χ4n) is 3.23. The molecule has 1 rings (SSSR count). The molecule has 5 nitrogen and oxygen atoms in total. The van der Waals surface area contributed by atoms with Crippen LogP contribution in [0.5, 0.6) is 0 Å². The van der Waals surface area contributed by atoms with Gasteiger partial charge in [-0.2, -0.15) is 0 Å². The van der Waals surface area contributed by atoms with Crippen molar-refractivity contribution in [2.45, 2.75) is 44.1 Å². The summed E-state index contributed by atoms with van der Waals surface area (Å²) in [6.45, 7) is 5.57. The molecule has 0 spiro atoms. The van der Waals surface area contributed by atoms with Gasteiger partial charge in [0.2, 0.25) is 0 Å². The molecule has 20 heavy (non-hydrogen) atoms. The lowest BCUT2D eigenvalue weighted by Gasteiger charge is -2.50. The third kappa shape index (κ3) is 2.83. The molecule has 2 unspecified atom stereocenters. The maximum Gasteiger partial charge on any atom is 0.416 e. The van der Waals surface area contributed by atoms with E-state index in [4.69, 9.17) is 18.3 Å². The van der Waals surface area contributed by atoms with Crippen LogP contribution in [-0.4, -0.2) is 41.3 Å². The third-order valence-corrected chi connectivity index (χ3v) is 8.25. The van der Waals surface area contributed by atoms with E-state index in [0.717, 1.165) is 37.8 Å². The fourth-order valence-corrected chi connectivity index (χ4v) is 6.87. The first kappa shape index (κ1) is 17.4. The molecule has 0 N–H and O–H groups in total. The van der Waals surface area contributed by atoms with Crippen molar-refractivity contribution in [3.63, 3.8) is 0 Å². The van der Waals surface area contributed by atoms with E-state index in [-0.39, 0.29) is 5.92 Å². The Bertz CT molecular complexity index is 340. The summed E-state index contributed by atoms with van der Waals surface area (Å²) in [4.78, 5) is 11.8. The summed E-state index contributed by atoms with van der Waals surface area (Å²) in [6, 6.07) is 0.748. The Hall–Kier alpha value is -0.693. The van der Waals surface area contributed by atoms with Crippen LogP contribution in [0.4, 0.5) is 0 Å². The lowest BCUT2D eigenvalue weighted by atomic mass is 9.96. The Labute approximate surface area is 122 Å². The molecule has 0 aromatic rings. The Kier molecular flexibility index (Phi) is 6.38. The van der Waals surface area contributed by atoms with Crippen LogP contribution in [0.15, 0.2) is 12.7 Å². The van der Waals surface area contributed by atoms with E-state index in [0.29, 0.717) is 0 Å². The van der Waals surface area contributed by atoms with Gasteiger partial charge in [-0.1, -0.05) is 26.3 Å². The summed E-state index contributed by atoms with van der Waals surface area (Å²) in [6.07, 6.45) is 4.98. The maximum atomic E-state index is 11.8. The van der Waals surface area contributed by atoms with Crippen LogP contribution in [-0.2, 0) is 23.1 Å². The predicted molar refractivity (Wildman–Crippen MR) is 78.2 cm³/mol. The average molecular weight is 302 g/mol. The van der Waals surface area contributed by atoms with Crippen LogP contribution in [0.2, 0.25) is 6.04 Å². The van der Waals surface area contributed by atoms with E-state index in [9.17, 15) is 4.79 Å². The van der Waals surface area contributed by atoms with E-state index in [1.807, 2.05) is 0 Å². The van der Waals surface area contributed by atoms with Crippen molar-refractivity contribution in [3.05, 3.63) is 12.7 Å². The number of esters is 1. The van der Waals surface area contributed by atoms with Crippen molar-refractivity contribution in [1.29, 1.82) is 0 Å². The third-order valence-electron chi connectivity index (χ3n) is 4.15. The maximum absolute atomic E-state index is 11.8. The van der Waals surface area contributed by atoms with Gasteiger partial charge in [0.15, 0.2) is 0 Å². The molecule has 0 radical (unpaired) electrons. The van der Waals surface area contributed by atoms with Crippen LogP contribution in [0.3, 0.4) is 0 Å². The van der Waals surface area contributed by atoms with Crippen molar-refractivity contribution in [1.82, 2.24) is 0 Å². The van der Waals surface area contributed by atoms with Crippen molar-refractivity contribution >= 4 is 14.5 Å². The van der Waals surface area contributed by atoms with Gasteiger partial charge in [-0.3, -0.25) is 0 Å². The zero-order chi connectivity index (χ0) is 15.2. The van der Waals surface area contributed by atoms with Gasteiger partial charge in [0.1, 0.15) is 0 Å². The largest absolute Gasteiger partial charge is 0.427 e. The molecule has 1 fully saturated rings. The summed E-state index contributed by atoms with van der Waals surface area (Å²) < 4.78 is 22.9. The van der Waals surface area contributed by atoms with Crippen molar-refractivity contribution in [2.75, 3.05) is 21.3 Å². The zero-order valence-electron chi connectivity index (χ0n) is 12.9. The standard InChI is InChI=1S/C14H26O5Si/c1-6-9-12-10-8-11-20(17-4,18-5)14(12,16-3)19-13(15)7-2/h7,12H,2,6,8-11H2,1,3-5H3. The number of ether oxygens (including phenoxy) is 2. The second kappa shape index (κ2) is 7.35. The minimum Gasteiger partial charge on any atom is -0.427 e. The highest BCUT2D eigenvalue weighted by Gasteiger charge is 2.66. The molecule has 116 valence electrons. The van der Waals surface area contributed by atoms with E-state index in [1.54, 1.807) is 21.3 Å². The molecule has 0 amide bonds. The highest BCUT2D eigenvalue weighted by atomic mass is 28.4. The van der Waals surface area contributed by atoms with Gasteiger partial charge in [0.05, 0.1) is 0 Å². The first-order valence-electron chi connectivity index (χ1n) is 7.06. The van der Waals surface area contributed by atoms with Gasteiger partial charge in [-0.25, -0.2) is 4.79 Å². The Morgan fingerprint density at radius 1 is 1.40 bits per heavy atom. The molecule has 1 heterocycles. The molecule has 1 aliphatic heterocycles. The smallest absolute Gasteiger partial charge is 0.416 e. The fraction of sp³-hybridized carbons (Fsp3) is 0.786. The minimum absolute atomic E-state index is 0.0849. The van der Waals surface area contributed by atoms with Gasteiger partial charge >= 0.3 is 14.5 Å². The number of rotatable bonds is 7. The van der Waals surface area contributed by atoms with Crippen LogP contribution < -0.4 is 0 Å². The van der Waals surface area contributed by atoms with E-state index < -0.39 is 19.9 Å². The Balaban J connectivity index is 3.26. The molecule has 0 bridgehead atoms. The molecule has 0 aromatic heterocycles. The van der Waals surface area contributed by atoms with E-state index in [1.165, 1.54) is 0 Å². The molecule has 1 saturated heterocycles. The average Bonchev–Trinajstić information content (AvgIpc) is 2.48.